The molecule has 0 N–H and O–H groups in total. The lowest BCUT2D eigenvalue weighted by atomic mass is 9.91. The quantitative estimate of drug-likeness (QED) is 0.190. The fourth-order valence-corrected chi connectivity index (χ4v) is 4.99. The minimum atomic E-state index is 0.949. The molecule has 1 radical (unpaired) electrons. The van der Waals surface area contributed by atoms with Crippen LogP contribution in [0.5, 0.6) is 0 Å². The summed E-state index contributed by atoms with van der Waals surface area (Å²) in [5.41, 5.74) is 5.09. The Morgan fingerprint density at radius 1 is 0.733 bits per heavy atom. The summed E-state index contributed by atoms with van der Waals surface area (Å²) >= 11 is 0. The molecule has 5 aromatic rings. The van der Waals surface area contributed by atoms with Gasteiger partial charge in [-0.15, -0.1) is 0 Å². The molecule has 7 rings (SSSR count). The Labute approximate surface area is 175 Å². The first-order chi connectivity index (χ1) is 14.8. The van der Waals surface area contributed by atoms with Crippen molar-refractivity contribution in [3.8, 4) is 11.1 Å². The monoisotopic (exact) mass is 381 g/mol. The molecule has 0 saturated carbocycles. The maximum atomic E-state index is 2.35. The zero-order chi connectivity index (χ0) is 19.7. The molecule has 3 heteroatoms. The van der Waals surface area contributed by atoms with Gasteiger partial charge in [-0.3, -0.25) is 0 Å². The lowest BCUT2D eigenvalue weighted by molar-refractivity contribution is 0.633. The first-order valence-electron chi connectivity index (χ1n) is 10.4. The van der Waals surface area contributed by atoms with E-state index in [1.807, 2.05) is 0 Å². The second-order valence-electron chi connectivity index (χ2n) is 8.15. The number of allylic oxidation sites excluding steroid dienone is 1. The van der Waals surface area contributed by atoms with Gasteiger partial charge in [0.25, 0.3) is 0 Å². The molecule has 4 aromatic carbocycles. The lowest BCUT2D eigenvalue weighted by Gasteiger charge is -2.25. The van der Waals surface area contributed by atoms with E-state index >= 15 is 0 Å². The van der Waals surface area contributed by atoms with Crippen molar-refractivity contribution < 1.29 is 0 Å². The van der Waals surface area contributed by atoms with Crippen LogP contribution in [-0.4, -0.2) is 23.4 Å². The summed E-state index contributed by atoms with van der Waals surface area (Å²) < 4.78 is 2.24. The Hall–Kier alpha value is -3.72. The number of aromatic nitrogens is 1. The van der Waals surface area contributed by atoms with Crippen LogP contribution >= 0.6 is 0 Å². The molecule has 2 aliphatic rings. The van der Waals surface area contributed by atoms with Gasteiger partial charge in [-0.1, -0.05) is 60.7 Å². The molecular formula is C27H18BN2. The second-order valence-corrected chi connectivity index (χ2v) is 8.15. The molecule has 3 heterocycles. The number of hydrogen-bond acceptors (Lipinski definition) is 1. The van der Waals surface area contributed by atoms with E-state index in [1.54, 1.807) is 0 Å². The van der Waals surface area contributed by atoms with E-state index in [1.165, 1.54) is 54.8 Å². The Morgan fingerprint density at radius 2 is 1.57 bits per heavy atom. The topological polar surface area (TPSA) is 8.17 Å². The summed E-state index contributed by atoms with van der Waals surface area (Å²) in [6.45, 7) is 0.949. The molecule has 0 amide bonds. The van der Waals surface area contributed by atoms with Crippen LogP contribution in [0.4, 0.5) is 0 Å². The average molecular weight is 381 g/mol. The van der Waals surface area contributed by atoms with Crippen molar-refractivity contribution in [3.63, 3.8) is 0 Å². The SMILES string of the molecule is [B]1N2CC=CC2=Cc2c(-c3cccc4ccc5cc6ccccc6cc5c34)ccn21. The first-order valence-corrected chi connectivity index (χ1v) is 10.4. The van der Waals surface area contributed by atoms with Crippen molar-refractivity contribution in [3.05, 3.63) is 103 Å². The third-order valence-electron chi connectivity index (χ3n) is 6.44. The molecule has 0 atom stereocenters. The summed E-state index contributed by atoms with van der Waals surface area (Å²) in [7, 11) is 2.20. The minimum absolute atomic E-state index is 0.949. The molecule has 0 fully saturated rings. The maximum Gasteiger partial charge on any atom is 0.396 e. The fourth-order valence-electron chi connectivity index (χ4n) is 4.99. The molecular weight excluding hydrogens is 363 g/mol. The predicted octanol–water partition coefficient (Wildman–Crippen LogP) is 6.22. The zero-order valence-corrected chi connectivity index (χ0v) is 16.4. The highest BCUT2D eigenvalue weighted by Gasteiger charge is 2.23. The molecule has 0 saturated heterocycles. The normalized spacial score (nSPS) is 14.8. The average Bonchev–Trinajstić information content (AvgIpc) is 3.41. The van der Waals surface area contributed by atoms with Crippen LogP contribution in [0.15, 0.2) is 96.8 Å². The molecule has 0 unspecified atom stereocenters. The molecule has 0 spiro atoms. The fraction of sp³-hybridized carbons (Fsp3) is 0.0370. The highest BCUT2D eigenvalue weighted by Crippen LogP contribution is 2.39. The van der Waals surface area contributed by atoms with Crippen LogP contribution in [0.2, 0.25) is 0 Å². The van der Waals surface area contributed by atoms with Crippen LogP contribution in [-0.2, 0) is 0 Å². The predicted molar refractivity (Wildman–Crippen MR) is 127 cm³/mol. The van der Waals surface area contributed by atoms with Crippen molar-refractivity contribution in [2.24, 2.45) is 0 Å². The van der Waals surface area contributed by atoms with E-state index in [0.717, 1.165) is 6.54 Å². The molecule has 0 bridgehead atoms. The maximum absolute atomic E-state index is 2.35. The van der Waals surface area contributed by atoms with Gasteiger partial charge in [0, 0.05) is 23.5 Å². The van der Waals surface area contributed by atoms with Crippen molar-refractivity contribution >= 4 is 45.9 Å². The Morgan fingerprint density at radius 3 is 2.50 bits per heavy atom. The Balaban J connectivity index is 1.56. The Kier molecular flexibility index (Phi) is 3.17. The van der Waals surface area contributed by atoms with E-state index in [0.29, 0.717) is 0 Å². The first kappa shape index (κ1) is 16.1. The highest BCUT2D eigenvalue weighted by molar-refractivity contribution is 6.33. The smallest absolute Gasteiger partial charge is 0.395 e. The second kappa shape index (κ2) is 5.90. The van der Waals surface area contributed by atoms with Gasteiger partial charge in [0.2, 0.25) is 0 Å². The summed E-state index contributed by atoms with van der Waals surface area (Å²) in [6.07, 6.45) is 8.90. The molecule has 1 aromatic heterocycles. The number of benzene rings is 4. The van der Waals surface area contributed by atoms with E-state index < -0.39 is 0 Å². The van der Waals surface area contributed by atoms with Gasteiger partial charge in [0.15, 0.2) is 0 Å². The Bertz CT molecular complexity index is 1550. The van der Waals surface area contributed by atoms with Crippen molar-refractivity contribution in [1.29, 1.82) is 0 Å². The molecule has 30 heavy (non-hydrogen) atoms. The van der Waals surface area contributed by atoms with Crippen molar-refractivity contribution in [2.75, 3.05) is 6.54 Å². The number of nitrogens with zero attached hydrogens (tertiary/aromatic N) is 2. The zero-order valence-electron chi connectivity index (χ0n) is 16.4. The molecule has 2 aliphatic heterocycles. The van der Waals surface area contributed by atoms with E-state index in [9.17, 15) is 0 Å². The van der Waals surface area contributed by atoms with Gasteiger partial charge >= 0.3 is 7.55 Å². The van der Waals surface area contributed by atoms with Crippen LogP contribution in [0, 0.1) is 0 Å². The lowest BCUT2D eigenvalue weighted by Crippen LogP contribution is -2.32. The van der Waals surface area contributed by atoms with Crippen LogP contribution in [0.3, 0.4) is 0 Å². The summed E-state index contributed by atoms with van der Waals surface area (Å²) in [6, 6.07) is 26.7. The van der Waals surface area contributed by atoms with Crippen LogP contribution < -0.4 is 0 Å². The number of fused-ring (bicyclic) bond motifs is 6. The number of rotatable bonds is 1. The van der Waals surface area contributed by atoms with Crippen molar-refractivity contribution in [1.82, 2.24) is 9.29 Å². The minimum Gasteiger partial charge on any atom is -0.395 e. The number of hydrogen-bond donors (Lipinski definition) is 0. The van der Waals surface area contributed by atoms with Gasteiger partial charge in [-0.2, -0.15) is 0 Å². The summed E-state index contributed by atoms with van der Waals surface area (Å²) in [4.78, 5) is 2.28. The summed E-state index contributed by atoms with van der Waals surface area (Å²) in [5, 5.41) is 7.79. The van der Waals surface area contributed by atoms with Crippen LogP contribution in [0.25, 0.3) is 49.5 Å². The van der Waals surface area contributed by atoms with Crippen LogP contribution in [0.1, 0.15) is 5.69 Å². The summed E-state index contributed by atoms with van der Waals surface area (Å²) in [5.74, 6) is 0. The van der Waals surface area contributed by atoms with E-state index in [-0.39, 0.29) is 0 Å². The van der Waals surface area contributed by atoms with Gasteiger partial charge in [-0.05, 0) is 74.4 Å². The van der Waals surface area contributed by atoms with Gasteiger partial charge in [0.1, 0.15) is 0 Å². The third kappa shape index (κ3) is 2.20. The van der Waals surface area contributed by atoms with Gasteiger partial charge < -0.3 is 9.29 Å². The molecule has 2 nitrogen and oxygen atoms in total. The van der Waals surface area contributed by atoms with E-state index in [4.69, 9.17) is 0 Å². The van der Waals surface area contributed by atoms with Crippen molar-refractivity contribution in [2.45, 2.75) is 0 Å². The molecule has 139 valence electrons. The highest BCUT2D eigenvalue weighted by atomic mass is 15.2. The van der Waals surface area contributed by atoms with E-state index in [2.05, 4.69) is 114 Å². The third-order valence-corrected chi connectivity index (χ3v) is 6.44. The van der Waals surface area contributed by atoms with Gasteiger partial charge in [-0.25, -0.2) is 0 Å². The standard InChI is InChI=1S/C27H18BN2/c1-2-6-20-16-25-21(15-19(20)5-1)11-10-18-7-3-9-24(27(18)25)23-12-14-30-26(23)17-22-8-4-13-29(22)28-30/h1-12,14-17H,13H2. The van der Waals surface area contributed by atoms with Gasteiger partial charge in [0.05, 0.1) is 0 Å². The largest absolute Gasteiger partial charge is 0.396 e. The molecule has 0 aliphatic carbocycles.